The van der Waals surface area contributed by atoms with Crippen molar-refractivity contribution in [3.8, 4) is 0 Å². The van der Waals surface area contributed by atoms with Crippen molar-refractivity contribution in [2.45, 2.75) is 19.3 Å². The summed E-state index contributed by atoms with van der Waals surface area (Å²) in [4.78, 5) is 36.4. The Morgan fingerprint density at radius 1 is 1.43 bits per heavy atom. The van der Waals surface area contributed by atoms with Crippen LogP contribution in [0.2, 0.25) is 0 Å². The van der Waals surface area contributed by atoms with Gasteiger partial charge in [0.15, 0.2) is 6.23 Å². The van der Waals surface area contributed by atoms with Crippen LogP contribution in [-0.2, 0) is 19.0 Å². The summed E-state index contributed by atoms with van der Waals surface area (Å²) in [6.07, 6.45) is 3.69. The Morgan fingerprint density at radius 3 is 2.90 bits per heavy atom. The van der Waals surface area contributed by atoms with Gasteiger partial charge in [-0.05, 0) is 13.0 Å². The lowest BCUT2D eigenvalue weighted by Crippen LogP contribution is -2.33. The lowest BCUT2D eigenvalue weighted by molar-refractivity contribution is -0.151. The third-order valence-electron chi connectivity index (χ3n) is 2.90. The van der Waals surface area contributed by atoms with Crippen LogP contribution < -0.4 is 11.2 Å². The molecule has 1 aromatic heterocycles. The average Bonchev–Trinajstić information content (AvgIpc) is 2.89. The Hall–Kier alpha value is -2.19. The van der Waals surface area contributed by atoms with Crippen LogP contribution in [0.5, 0.6) is 0 Å². The maximum Gasteiger partial charge on any atom is 0.332 e. The molecule has 0 aliphatic carbocycles. The third-order valence-corrected chi connectivity index (χ3v) is 2.90. The van der Waals surface area contributed by atoms with Crippen molar-refractivity contribution in [2.75, 3.05) is 20.3 Å². The number of hydrogen-bond donors (Lipinski definition) is 1. The quantitative estimate of drug-likeness (QED) is 0.580. The summed E-state index contributed by atoms with van der Waals surface area (Å²) in [6.45, 7) is 1.50. The van der Waals surface area contributed by atoms with E-state index in [-0.39, 0.29) is 13.2 Å². The number of carbonyl (C=O) groups excluding carboxylic acids is 1. The zero-order chi connectivity index (χ0) is 15.4. The van der Waals surface area contributed by atoms with Crippen molar-refractivity contribution in [1.29, 1.82) is 0 Å². The topological polar surface area (TPSA) is 99.6 Å². The van der Waals surface area contributed by atoms with Gasteiger partial charge in [-0.25, -0.2) is 9.59 Å². The molecule has 1 aliphatic heterocycles. The van der Waals surface area contributed by atoms with E-state index in [0.29, 0.717) is 5.56 Å². The molecule has 1 aromatic rings. The average molecular weight is 296 g/mol. The van der Waals surface area contributed by atoms with Crippen LogP contribution in [0.3, 0.4) is 0 Å². The van der Waals surface area contributed by atoms with Crippen molar-refractivity contribution in [3.63, 3.8) is 0 Å². The number of esters is 1. The number of nitrogens with zero attached hydrogens (tertiary/aromatic N) is 1. The SMILES string of the molecule is COCC(=O)OC[C@@H]1C=C[C@H](n2cc(C)c(=O)[nH]c2=O)O1. The summed E-state index contributed by atoms with van der Waals surface area (Å²) in [5.74, 6) is -0.491. The summed E-state index contributed by atoms with van der Waals surface area (Å²) >= 11 is 0. The molecule has 2 rings (SSSR count). The predicted molar refractivity (Wildman–Crippen MR) is 71.9 cm³/mol. The van der Waals surface area contributed by atoms with Gasteiger partial charge in [-0.1, -0.05) is 6.08 Å². The Balaban J connectivity index is 1.99. The second kappa shape index (κ2) is 6.51. The molecule has 114 valence electrons. The van der Waals surface area contributed by atoms with E-state index in [4.69, 9.17) is 9.47 Å². The Labute approximate surface area is 119 Å². The third kappa shape index (κ3) is 3.67. The zero-order valence-corrected chi connectivity index (χ0v) is 11.7. The van der Waals surface area contributed by atoms with Gasteiger partial charge in [-0.15, -0.1) is 0 Å². The number of hydrogen-bond acceptors (Lipinski definition) is 6. The van der Waals surface area contributed by atoms with E-state index < -0.39 is 29.6 Å². The van der Waals surface area contributed by atoms with E-state index in [9.17, 15) is 14.4 Å². The first kappa shape index (κ1) is 15.2. The maximum atomic E-state index is 11.7. The van der Waals surface area contributed by atoms with E-state index in [1.807, 2.05) is 0 Å². The molecular formula is C13H16N2O6. The molecule has 0 fully saturated rings. The van der Waals surface area contributed by atoms with Gasteiger partial charge in [-0.2, -0.15) is 0 Å². The zero-order valence-electron chi connectivity index (χ0n) is 11.7. The molecule has 21 heavy (non-hydrogen) atoms. The molecule has 8 nitrogen and oxygen atoms in total. The molecule has 0 spiro atoms. The van der Waals surface area contributed by atoms with Crippen molar-refractivity contribution >= 4 is 5.97 Å². The van der Waals surface area contributed by atoms with Gasteiger partial charge in [-0.3, -0.25) is 14.3 Å². The van der Waals surface area contributed by atoms with Gasteiger partial charge in [0.25, 0.3) is 5.56 Å². The van der Waals surface area contributed by atoms with Crippen LogP contribution in [0.25, 0.3) is 0 Å². The van der Waals surface area contributed by atoms with Crippen molar-refractivity contribution in [2.24, 2.45) is 0 Å². The van der Waals surface area contributed by atoms with Crippen LogP contribution in [0.4, 0.5) is 0 Å². The first-order chi connectivity index (χ1) is 10.0. The van der Waals surface area contributed by atoms with E-state index in [0.717, 1.165) is 0 Å². The number of ether oxygens (including phenoxy) is 3. The smallest absolute Gasteiger partial charge is 0.332 e. The Kier molecular flexibility index (Phi) is 4.71. The first-order valence-electron chi connectivity index (χ1n) is 6.31. The minimum atomic E-state index is -0.640. The molecule has 0 radical (unpaired) electrons. The van der Waals surface area contributed by atoms with Gasteiger partial charge >= 0.3 is 11.7 Å². The summed E-state index contributed by atoms with van der Waals surface area (Å²) in [6, 6.07) is 0. The standard InChI is InChI=1S/C13H16N2O6/c1-8-5-15(13(18)14-12(8)17)10-4-3-9(21-10)6-20-11(16)7-19-2/h3-5,9-10H,6-7H2,1-2H3,(H,14,17,18)/t9-,10+/m0/s1. The number of carbonyl (C=O) groups is 1. The highest BCUT2D eigenvalue weighted by molar-refractivity contribution is 5.70. The number of aromatic nitrogens is 2. The Morgan fingerprint density at radius 2 is 2.19 bits per heavy atom. The van der Waals surface area contributed by atoms with Crippen molar-refractivity contribution in [1.82, 2.24) is 9.55 Å². The molecule has 0 saturated carbocycles. The van der Waals surface area contributed by atoms with Gasteiger partial charge < -0.3 is 14.2 Å². The van der Waals surface area contributed by atoms with Crippen LogP contribution in [-0.4, -0.2) is 41.9 Å². The number of aryl methyl sites for hydroxylation is 1. The van der Waals surface area contributed by atoms with Gasteiger partial charge in [0, 0.05) is 18.9 Å². The number of aromatic amines is 1. The van der Waals surface area contributed by atoms with Gasteiger partial charge in [0.05, 0.1) is 0 Å². The largest absolute Gasteiger partial charge is 0.461 e. The summed E-state index contributed by atoms with van der Waals surface area (Å²) in [5.41, 5.74) is -0.581. The molecular weight excluding hydrogens is 280 g/mol. The van der Waals surface area contributed by atoms with Gasteiger partial charge in [0.2, 0.25) is 0 Å². The minimum Gasteiger partial charge on any atom is -0.461 e. The van der Waals surface area contributed by atoms with E-state index >= 15 is 0 Å². The summed E-state index contributed by atoms with van der Waals surface area (Å²) < 4.78 is 16.4. The highest BCUT2D eigenvalue weighted by atomic mass is 16.6. The number of H-pyrrole nitrogens is 1. The molecule has 0 amide bonds. The minimum absolute atomic E-state index is 0.0340. The molecule has 0 saturated heterocycles. The molecule has 0 bridgehead atoms. The number of nitrogens with one attached hydrogen (secondary N) is 1. The fraction of sp³-hybridized carbons (Fsp3) is 0.462. The number of rotatable bonds is 5. The molecule has 1 N–H and O–H groups in total. The lowest BCUT2D eigenvalue weighted by Gasteiger charge is -2.16. The van der Waals surface area contributed by atoms with Crippen LogP contribution in [0.1, 0.15) is 11.8 Å². The lowest BCUT2D eigenvalue weighted by atomic mass is 10.3. The van der Waals surface area contributed by atoms with Crippen LogP contribution in [0, 0.1) is 6.92 Å². The normalized spacial score (nSPS) is 20.7. The molecule has 8 heteroatoms. The van der Waals surface area contributed by atoms with E-state index in [2.05, 4.69) is 9.72 Å². The first-order valence-corrected chi connectivity index (χ1v) is 6.31. The molecule has 1 aliphatic rings. The Bertz CT molecular complexity index is 659. The molecule has 0 unspecified atom stereocenters. The van der Waals surface area contributed by atoms with Gasteiger partial charge in [0.1, 0.15) is 19.3 Å². The maximum absolute atomic E-state index is 11.7. The highest BCUT2D eigenvalue weighted by Crippen LogP contribution is 2.19. The van der Waals surface area contributed by atoms with Crippen molar-refractivity contribution in [3.05, 3.63) is 44.8 Å². The van der Waals surface area contributed by atoms with Crippen LogP contribution >= 0.6 is 0 Å². The second-order valence-corrected chi connectivity index (χ2v) is 4.54. The van der Waals surface area contributed by atoms with E-state index in [1.54, 1.807) is 19.1 Å². The second-order valence-electron chi connectivity index (χ2n) is 4.54. The highest BCUT2D eigenvalue weighted by Gasteiger charge is 2.23. The van der Waals surface area contributed by atoms with E-state index in [1.165, 1.54) is 17.9 Å². The molecule has 2 atom stereocenters. The van der Waals surface area contributed by atoms with Crippen molar-refractivity contribution < 1.29 is 19.0 Å². The fourth-order valence-electron chi connectivity index (χ4n) is 1.85. The number of methoxy groups -OCH3 is 1. The predicted octanol–water partition coefficient (Wildman–Crippen LogP) is -0.512. The summed E-state index contributed by atoms with van der Waals surface area (Å²) in [7, 11) is 1.40. The monoisotopic (exact) mass is 296 g/mol. The molecule has 2 heterocycles. The van der Waals surface area contributed by atoms with Crippen LogP contribution in [0.15, 0.2) is 27.9 Å². The summed E-state index contributed by atoms with van der Waals surface area (Å²) in [5, 5.41) is 0. The molecule has 0 aromatic carbocycles. The fourth-order valence-corrected chi connectivity index (χ4v) is 1.85.